The normalized spacial score (nSPS) is 34.7. The van der Waals surface area contributed by atoms with Gasteiger partial charge in [-0.15, -0.1) is 0 Å². The second kappa shape index (κ2) is 5.36. The van der Waals surface area contributed by atoms with E-state index in [0.29, 0.717) is 6.61 Å². The molecule has 0 amide bonds. The zero-order valence-electron chi connectivity index (χ0n) is 10.5. The van der Waals surface area contributed by atoms with Crippen LogP contribution in [0.1, 0.15) is 12.0 Å². The van der Waals surface area contributed by atoms with Crippen LogP contribution in [0.25, 0.3) is 0 Å². The lowest BCUT2D eigenvalue weighted by molar-refractivity contribution is -0.119. The van der Waals surface area contributed by atoms with Crippen LogP contribution >= 0.6 is 0 Å². The van der Waals surface area contributed by atoms with E-state index >= 15 is 0 Å². The van der Waals surface area contributed by atoms with Gasteiger partial charge in [-0.3, -0.25) is 0 Å². The minimum atomic E-state index is -0.182. The van der Waals surface area contributed by atoms with Gasteiger partial charge in [-0.1, -0.05) is 30.3 Å². The molecule has 2 heterocycles. The Bertz CT molecular complexity index is 384. The Hall–Kier alpha value is -0.940. The summed E-state index contributed by atoms with van der Waals surface area (Å²) >= 11 is 0. The summed E-state index contributed by atoms with van der Waals surface area (Å²) in [6.07, 6.45) is 1.04. The number of piperidine rings is 1. The van der Waals surface area contributed by atoms with E-state index in [1.807, 2.05) is 18.2 Å². The van der Waals surface area contributed by atoms with E-state index in [4.69, 9.17) is 14.2 Å². The molecule has 2 bridgehead atoms. The van der Waals surface area contributed by atoms with Crippen molar-refractivity contribution >= 4 is 0 Å². The van der Waals surface area contributed by atoms with Crippen molar-refractivity contribution in [1.29, 1.82) is 0 Å². The van der Waals surface area contributed by atoms with Gasteiger partial charge in [-0.05, 0) is 18.5 Å². The van der Waals surface area contributed by atoms with Crippen LogP contribution in [0.5, 0.6) is 0 Å². The van der Waals surface area contributed by atoms with E-state index < -0.39 is 0 Å². The van der Waals surface area contributed by atoms with Crippen LogP contribution in [-0.2, 0) is 20.8 Å². The third kappa shape index (κ3) is 2.29. The number of hydrogen-bond donors (Lipinski definition) is 1. The zero-order valence-corrected chi connectivity index (χ0v) is 10.5. The molecule has 2 fully saturated rings. The molecule has 0 saturated carbocycles. The van der Waals surface area contributed by atoms with Crippen molar-refractivity contribution in [2.45, 2.75) is 37.6 Å². The maximum atomic E-state index is 6.02. The van der Waals surface area contributed by atoms with Gasteiger partial charge >= 0.3 is 0 Å². The molecule has 98 valence electrons. The van der Waals surface area contributed by atoms with Crippen molar-refractivity contribution in [1.82, 2.24) is 5.32 Å². The molecule has 0 spiro atoms. The highest BCUT2D eigenvalue weighted by Gasteiger charge is 2.47. The highest BCUT2D eigenvalue weighted by Crippen LogP contribution is 2.30. The lowest BCUT2D eigenvalue weighted by Gasteiger charge is -2.29. The number of ether oxygens (including phenoxy) is 3. The molecule has 0 aromatic heterocycles. The topological polar surface area (TPSA) is 39.7 Å². The van der Waals surface area contributed by atoms with Crippen molar-refractivity contribution in [3.05, 3.63) is 35.9 Å². The summed E-state index contributed by atoms with van der Waals surface area (Å²) in [4.78, 5) is 0. The van der Waals surface area contributed by atoms with Crippen molar-refractivity contribution in [2.75, 3.05) is 13.7 Å². The maximum absolute atomic E-state index is 6.02. The van der Waals surface area contributed by atoms with Crippen LogP contribution in [0.3, 0.4) is 0 Å². The fourth-order valence-electron chi connectivity index (χ4n) is 2.74. The third-order valence-corrected chi connectivity index (χ3v) is 3.65. The van der Waals surface area contributed by atoms with Gasteiger partial charge in [0.25, 0.3) is 0 Å². The van der Waals surface area contributed by atoms with Crippen LogP contribution in [0, 0.1) is 0 Å². The molecule has 4 atom stereocenters. The Morgan fingerprint density at radius 2 is 2.17 bits per heavy atom. The highest BCUT2D eigenvalue weighted by atomic mass is 16.7. The molecule has 2 saturated heterocycles. The van der Waals surface area contributed by atoms with Gasteiger partial charge in [0.05, 0.1) is 18.8 Å². The van der Waals surface area contributed by atoms with Crippen LogP contribution in [-0.4, -0.2) is 38.2 Å². The number of nitrogens with one attached hydrogen (secondary N) is 1. The van der Waals surface area contributed by atoms with Crippen molar-refractivity contribution in [3.8, 4) is 0 Å². The summed E-state index contributed by atoms with van der Waals surface area (Å²) < 4.78 is 17.2. The smallest absolute Gasteiger partial charge is 0.175 e. The fraction of sp³-hybridized carbons (Fsp3) is 0.571. The van der Waals surface area contributed by atoms with E-state index in [1.165, 1.54) is 5.56 Å². The second-order valence-corrected chi connectivity index (χ2v) is 4.81. The van der Waals surface area contributed by atoms with E-state index in [9.17, 15) is 0 Å². The summed E-state index contributed by atoms with van der Waals surface area (Å²) in [7, 11) is 1.68. The minimum absolute atomic E-state index is 0.0870. The maximum Gasteiger partial charge on any atom is 0.175 e. The molecule has 2 aliphatic rings. The molecule has 0 unspecified atom stereocenters. The largest absolute Gasteiger partial charge is 0.369 e. The Labute approximate surface area is 107 Å². The van der Waals surface area contributed by atoms with Gasteiger partial charge < -0.3 is 19.5 Å². The van der Waals surface area contributed by atoms with Crippen molar-refractivity contribution < 1.29 is 14.2 Å². The van der Waals surface area contributed by atoms with Crippen LogP contribution in [0.2, 0.25) is 0 Å². The highest BCUT2D eigenvalue weighted by molar-refractivity contribution is 5.13. The quantitative estimate of drug-likeness (QED) is 0.873. The predicted octanol–water partition coefficient (Wildman–Crippen LogP) is 1.30. The standard InChI is InChI=1S/C14H19NO3/c1-16-14-12-13(11(18-14)7-8-15-12)17-9-10-5-3-2-4-6-10/h2-6,11-15H,7-9H2,1H3/t11-,12+,13+,14+/m1/s1. The van der Waals surface area contributed by atoms with Gasteiger partial charge in [0.1, 0.15) is 6.10 Å². The van der Waals surface area contributed by atoms with E-state index in [-0.39, 0.29) is 24.5 Å². The Balaban J connectivity index is 1.63. The first kappa shape index (κ1) is 12.1. The van der Waals surface area contributed by atoms with Crippen LogP contribution in [0.4, 0.5) is 0 Å². The predicted molar refractivity (Wildman–Crippen MR) is 67.1 cm³/mol. The number of fused-ring (bicyclic) bond motifs is 2. The molecule has 4 nitrogen and oxygen atoms in total. The van der Waals surface area contributed by atoms with Gasteiger partial charge in [0, 0.05) is 7.11 Å². The average Bonchev–Trinajstić information content (AvgIpc) is 2.62. The number of benzene rings is 1. The van der Waals surface area contributed by atoms with Gasteiger partial charge in [0.15, 0.2) is 6.29 Å². The first-order valence-electron chi connectivity index (χ1n) is 6.45. The summed E-state index contributed by atoms with van der Waals surface area (Å²) in [5, 5.41) is 3.42. The monoisotopic (exact) mass is 249 g/mol. The molecule has 18 heavy (non-hydrogen) atoms. The summed E-state index contributed by atoms with van der Waals surface area (Å²) in [6.45, 7) is 1.60. The second-order valence-electron chi connectivity index (χ2n) is 4.81. The molecular weight excluding hydrogens is 230 g/mol. The van der Waals surface area contributed by atoms with E-state index in [0.717, 1.165) is 13.0 Å². The Morgan fingerprint density at radius 3 is 2.94 bits per heavy atom. The number of rotatable bonds is 4. The SMILES string of the molecule is CO[C@H]1O[C@@H]2CCN[C@H]1[C@H]2OCc1ccccc1. The summed E-state index contributed by atoms with van der Waals surface area (Å²) in [6, 6.07) is 10.4. The molecular formula is C14H19NO3. The van der Waals surface area contributed by atoms with Gasteiger partial charge in [0.2, 0.25) is 0 Å². The number of hydrogen-bond acceptors (Lipinski definition) is 4. The molecule has 0 aliphatic carbocycles. The molecule has 1 N–H and O–H groups in total. The molecule has 1 aromatic carbocycles. The lowest BCUT2D eigenvalue weighted by Crippen LogP contribution is -2.51. The average molecular weight is 249 g/mol. The lowest BCUT2D eigenvalue weighted by atomic mass is 10.0. The first-order valence-corrected chi connectivity index (χ1v) is 6.45. The molecule has 1 aromatic rings. The summed E-state index contributed by atoms with van der Waals surface area (Å²) in [5.74, 6) is 0. The number of methoxy groups -OCH3 is 1. The van der Waals surface area contributed by atoms with E-state index in [1.54, 1.807) is 7.11 Å². The fourth-order valence-corrected chi connectivity index (χ4v) is 2.74. The van der Waals surface area contributed by atoms with Crippen LogP contribution in [0.15, 0.2) is 30.3 Å². The van der Waals surface area contributed by atoms with E-state index in [2.05, 4.69) is 17.4 Å². The van der Waals surface area contributed by atoms with Crippen molar-refractivity contribution in [2.24, 2.45) is 0 Å². The van der Waals surface area contributed by atoms with Crippen LogP contribution < -0.4 is 5.32 Å². The van der Waals surface area contributed by atoms with Gasteiger partial charge in [-0.2, -0.15) is 0 Å². The molecule has 3 rings (SSSR count). The summed E-state index contributed by atoms with van der Waals surface area (Å²) in [5.41, 5.74) is 1.19. The molecule has 4 heteroatoms. The zero-order chi connectivity index (χ0) is 12.4. The Morgan fingerprint density at radius 1 is 1.33 bits per heavy atom. The molecule has 2 aliphatic heterocycles. The first-order chi connectivity index (χ1) is 8.88. The molecule has 0 radical (unpaired) electrons. The Kier molecular flexibility index (Phi) is 3.61. The minimum Gasteiger partial charge on any atom is -0.369 e. The third-order valence-electron chi connectivity index (χ3n) is 3.65. The van der Waals surface area contributed by atoms with Crippen molar-refractivity contribution in [3.63, 3.8) is 0 Å². The van der Waals surface area contributed by atoms with Gasteiger partial charge in [-0.25, -0.2) is 0 Å².